The lowest BCUT2D eigenvalue weighted by Crippen LogP contribution is -2.77. The van der Waals surface area contributed by atoms with E-state index in [9.17, 15) is 9.18 Å². The summed E-state index contributed by atoms with van der Waals surface area (Å²) >= 11 is 5.63. The second-order valence-electron chi connectivity index (χ2n) is 8.21. The van der Waals surface area contributed by atoms with Gasteiger partial charge in [-0.25, -0.2) is 9.37 Å². The van der Waals surface area contributed by atoms with Gasteiger partial charge in [0.1, 0.15) is 17.8 Å². The summed E-state index contributed by atoms with van der Waals surface area (Å²) in [5, 5.41) is 3.07. The lowest BCUT2D eigenvalue weighted by Gasteiger charge is -2.68. The number of hydrogen-bond donors (Lipinski definition) is 1. The smallest absolute Gasteiger partial charge is 0.258 e. The Hall–Kier alpha value is -2.08. The number of hydrogen-bond acceptors (Lipinski definition) is 4. The van der Waals surface area contributed by atoms with E-state index in [1.165, 1.54) is 37.5 Å². The molecule has 0 aliphatic heterocycles. The maximum atomic E-state index is 13.4. The highest BCUT2D eigenvalue weighted by atomic mass is 35.5. The van der Waals surface area contributed by atoms with E-state index in [0.717, 1.165) is 30.8 Å². The first-order valence-electron chi connectivity index (χ1n) is 9.32. The molecule has 0 spiro atoms. The molecule has 0 atom stereocenters. The quantitative estimate of drug-likeness (QED) is 0.806. The Labute approximate surface area is 161 Å². The van der Waals surface area contributed by atoms with Crippen LogP contribution in [0, 0.1) is 5.82 Å². The molecular weight excluding hydrogens is 371 g/mol. The van der Waals surface area contributed by atoms with Gasteiger partial charge in [0.2, 0.25) is 5.89 Å². The Balaban J connectivity index is 1.13. The number of oxazole rings is 1. The molecule has 1 N–H and O–H groups in total. The van der Waals surface area contributed by atoms with Crippen LogP contribution >= 0.6 is 11.6 Å². The van der Waals surface area contributed by atoms with Crippen LogP contribution in [0.25, 0.3) is 0 Å². The number of nitrogens with one attached hydrogen (secondary N) is 1. The topological polar surface area (TPSA) is 64.4 Å². The van der Waals surface area contributed by atoms with Gasteiger partial charge in [0, 0.05) is 17.5 Å². The number of nitrogens with zero attached hydrogens (tertiary/aromatic N) is 1. The molecule has 27 heavy (non-hydrogen) atoms. The van der Waals surface area contributed by atoms with Crippen molar-refractivity contribution in [1.82, 2.24) is 10.3 Å². The predicted octanol–water partition coefficient (Wildman–Crippen LogP) is 4.10. The molecule has 0 saturated heterocycles. The van der Waals surface area contributed by atoms with E-state index in [1.54, 1.807) is 0 Å². The Morgan fingerprint density at radius 1 is 1.37 bits per heavy atom. The first-order valence-corrected chi connectivity index (χ1v) is 9.70. The summed E-state index contributed by atoms with van der Waals surface area (Å²) in [6.07, 6.45) is 8.05. The number of benzene rings is 1. The maximum Gasteiger partial charge on any atom is 0.258 e. The lowest BCUT2D eigenvalue weighted by molar-refractivity contribution is -0.143. The molecular formula is C20H20ClFN2O3. The van der Waals surface area contributed by atoms with Gasteiger partial charge in [-0.15, -0.1) is 0 Å². The Morgan fingerprint density at radius 2 is 2.15 bits per heavy atom. The van der Waals surface area contributed by atoms with Crippen LogP contribution in [-0.4, -0.2) is 23.0 Å². The zero-order chi connectivity index (χ0) is 18.6. The highest BCUT2D eigenvalue weighted by Crippen LogP contribution is 2.67. The number of halogens is 2. The third-order valence-electron chi connectivity index (χ3n) is 6.19. The second-order valence-corrected chi connectivity index (χ2v) is 8.62. The minimum Gasteiger partial charge on any atom is -0.484 e. The van der Waals surface area contributed by atoms with Crippen molar-refractivity contribution in [2.45, 2.75) is 55.4 Å². The summed E-state index contributed by atoms with van der Waals surface area (Å²) in [6.45, 7) is -0.152. The van der Waals surface area contributed by atoms with Gasteiger partial charge in [0.15, 0.2) is 6.61 Å². The Bertz CT molecular complexity index is 889. The molecule has 2 aromatic rings. The number of aromatic nitrogens is 1. The monoisotopic (exact) mass is 390 g/mol. The molecule has 0 unspecified atom stereocenters. The average molecular weight is 391 g/mol. The molecule has 4 aliphatic rings. The van der Waals surface area contributed by atoms with E-state index in [0.29, 0.717) is 5.92 Å². The minimum absolute atomic E-state index is 0.00452. The SMILES string of the molecule is O=C(COc1ccc(Cl)c(F)c1)NC12CC(c3nc(C4CCC4)co3)(C1)C2. The summed E-state index contributed by atoms with van der Waals surface area (Å²) in [5.41, 5.74) is 0.911. The number of amides is 1. The van der Waals surface area contributed by atoms with Gasteiger partial charge >= 0.3 is 0 Å². The minimum atomic E-state index is -0.567. The molecule has 1 aromatic heterocycles. The predicted molar refractivity (Wildman–Crippen MR) is 96.4 cm³/mol. The van der Waals surface area contributed by atoms with Gasteiger partial charge in [-0.2, -0.15) is 0 Å². The normalized spacial score (nSPS) is 28.7. The van der Waals surface area contributed by atoms with Gasteiger partial charge in [0.05, 0.1) is 16.1 Å². The van der Waals surface area contributed by atoms with Crippen molar-refractivity contribution in [3.63, 3.8) is 0 Å². The van der Waals surface area contributed by atoms with Gasteiger partial charge in [0.25, 0.3) is 5.91 Å². The summed E-state index contributed by atoms with van der Waals surface area (Å²) in [5.74, 6) is 0.903. The average Bonchev–Trinajstić information content (AvgIpc) is 2.98. The van der Waals surface area contributed by atoms with E-state index in [-0.39, 0.29) is 34.2 Å². The van der Waals surface area contributed by atoms with Crippen molar-refractivity contribution < 1.29 is 18.3 Å². The third-order valence-corrected chi connectivity index (χ3v) is 6.50. The van der Waals surface area contributed by atoms with E-state index >= 15 is 0 Å². The molecule has 142 valence electrons. The number of rotatable bonds is 6. The molecule has 4 fully saturated rings. The van der Waals surface area contributed by atoms with Gasteiger partial charge in [-0.1, -0.05) is 18.0 Å². The molecule has 4 saturated carbocycles. The van der Waals surface area contributed by atoms with Gasteiger partial charge < -0.3 is 14.5 Å². The molecule has 5 nitrogen and oxygen atoms in total. The number of carbonyl (C=O) groups is 1. The molecule has 6 rings (SSSR count). The zero-order valence-electron chi connectivity index (χ0n) is 14.8. The zero-order valence-corrected chi connectivity index (χ0v) is 15.5. The van der Waals surface area contributed by atoms with Gasteiger partial charge in [-0.3, -0.25) is 4.79 Å². The van der Waals surface area contributed by atoms with Crippen molar-refractivity contribution >= 4 is 17.5 Å². The van der Waals surface area contributed by atoms with Crippen LogP contribution in [0.3, 0.4) is 0 Å². The van der Waals surface area contributed by atoms with E-state index in [2.05, 4.69) is 5.32 Å². The highest BCUT2D eigenvalue weighted by molar-refractivity contribution is 6.30. The van der Waals surface area contributed by atoms with Crippen LogP contribution in [0.1, 0.15) is 56.0 Å². The molecule has 1 amide bonds. The molecule has 1 aromatic carbocycles. The van der Waals surface area contributed by atoms with Crippen LogP contribution in [0.4, 0.5) is 4.39 Å². The molecule has 4 aliphatic carbocycles. The summed E-state index contributed by atoms with van der Waals surface area (Å²) in [7, 11) is 0. The van der Waals surface area contributed by atoms with E-state index in [4.69, 9.17) is 25.7 Å². The number of ether oxygens (including phenoxy) is 1. The summed E-state index contributed by atoms with van der Waals surface area (Å²) in [4.78, 5) is 16.9. The van der Waals surface area contributed by atoms with E-state index < -0.39 is 5.82 Å². The summed E-state index contributed by atoms with van der Waals surface area (Å²) in [6, 6.07) is 4.12. The van der Waals surface area contributed by atoms with Crippen LogP contribution in [0.5, 0.6) is 5.75 Å². The molecule has 0 radical (unpaired) electrons. The second kappa shape index (κ2) is 5.96. The highest BCUT2D eigenvalue weighted by Gasteiger charge is 2.71. The fourth-order valence-corrected chi connectivity index (χ4v) is 4.73. The molecule has 7 heteroatoms. The molecule has 2 bridgehead atoms. The van der Waals surface area contributed by atoms with Gasteiger partial charge in [-0.05, 0) is 44.2 Å². The number of carbonyl (C=O) groups excluding carboxylic acids is 1. The fraction of sp³-hybridized carbons (Fsp3) is 0.500. The first kappa shape index (κ1) is 17.0. The van der Waals surface area contributed by atoms with Crippen molar-refractivity contribution in [2.24, 2.45) is 0 Å². The fourth-order valence-electron chi connectivity index (χ4n) is 4.62. The van der Waals surface area contributed by atoms with E-state index in [1.807, 2.05) is 6.26 Å². The van der Waals surface area contributed by atoms with Crippen LogP contribution in [0.15, 0.2) is 28.9 Å². The largest absolute Gasteiger partial charge is 0.484 e. The molecule has 1 heterocycles. The maximum absolute atomic E-state index is 13.4. The van der Waals surface area contributed by atoms with Crippen LogP contribution < -0.4 is 10.1 Å². The third kappa shape index (κ3) is 2.81. The Kier molecular flexibility index (Phi) is 3.76. The van der Waals surface area contributed by atoms with Crippen molar-refractivity contribution in [1.29, 1.82) is 0 Å². The van der Waals surface area contributed by atoms with Crippen LogP contribution in [-0.2, 0) is 10.2 Å². The first-order chi connectivity index (χ1) is 13.0. The summed E-state index contributed by atoms with van der Waals surface area (Å²) < 4.78 is 24.5. The van der Waals surface area contributed by atoms with Crippen LogP contribution in [0.2, 0.25) is 5.02 Å². The van der Waals surface area contributed by atoms with Crippen molar-refractivity contribution in [2.75, 3.05) is 6.61 Å². The van der Waals surface area contributed by atoms with Crippen molar-refractivity contribution in [3.05, 3.63) is 46.9 Å². The Morgan fingerprint density at radius 3 is 2.81 bits per heavy atom. The lowest BCUT2D eigenvalue weighted by atomic mass is 9.39. The standard InChI is InChI=1S/C20H20ClFN2O3/c21-14-5-4-13(6-15(14)22)26-8-17(25)24-20-9-19(10-20,11-20)18-23-16(7-27-18)12-2-1-3-12/h4-7,12H,1-3,8-11H2,(H,24,25). The van der Waals surface area contributed by atoms with Crippen molar-refractivity contribution in [3.8, 4) is 5.75 Å².